The Morgan fingerprint density at radius 1 is 1.10 bits per heavy atom. The topological polar surface area (TPSA) is 137 Å². The molecule has 41 heavy (non-hydrogen) atoms. The average molecular weight is 584 g/mol. The number of aromatic hydroxyl groups is 1. The lowest BCUT2D eigenvalue weighted by atomic mass is 10.1. The fourth-order valence-corrected chi connectivity index (χ4v) is 3.87. The van der Waals surface area contributed by atoms with Crippen LogP contribution in [0.25, 0.3) is 0 Å². The van der Waals surface area contributed by atoms with Crippen LogP contribution in [0, 0.1) is 0 Å². The highest BCUT2D eigenvalue weighted by atomic mass is 19.4. The number of phenolic OH excluding ortho intramolecular Hbond substituents is 1. The molecule has 0 bridgehead atoms. The van der Waals surface area contributed by atoms with Crippen LogP contribution in [-0.4, -0.2) is 84.6 Å². The van der Waals surface area contributed by atoms with Gasteiger partial charge in [0, 0.05) is 19.1 Å². The van der Waals surface area contributed by atoms with E-state index in [4.69, 9.17) is 19.4 Å². The molecule has 2 aromatic carbocycles. The van der Waals surface area contributed by atoms with Crippen molar-refractivity contribution in [2.45, 2.75) is 45.3 Å². The standard InChI is InChI=1S/C26H35N3O5.C2HF3O2/c1-19(2)29(24(32)12-17-33-16-11-20-6-4-3-5-7-20)15-14-27-13-10-21-8-9-22(30)25-26(21)34-18-23(31)28-25;3-2(4,5)1(6)7/h3-9,19,27,30H,10-18H2,1-2H3,(H,28,31);(H,6,7). The number of hydrogen-bond donors (Lipinski definition) is 4. The maximum absolute atomic E-state index is 12.7. The highest BCUT2D eigenvalue weighted by Crippen LogP contribution is 2.39. The molecule has 226 valence electrons. The zero-order valence-corrected chi connectivity index (χ0v) is 23.0. The van der Waals surface area contributed by atoms with Gasteiger partial charge in [-0.2, -0.15) is 13.2 Å². The Hall–Kier alpha value is -3.84. The van der Waals surface area contributed by atoms with Crippen molar-refractivity contribution >= 4 is 23.5 Å². The monoisotopic (exact) mass is 583 g/mol. The lowest BCUT2D eigenvalue weighted by Crippen LogP contribution is -2.42. The number of carboxylic acid groups (broad SMARTS) is 1. The number of carboxylic acids is 1. The Labute approximate surface area is 236 Å². The summed E-state index contributed by atoms with van der Waals surface area (Å²) in [6.07, 6.45) is -3.20. The maximum Gasteiger partial charge on any atom is 0.490 e. The third-order valence-corrected chi connectivity index (χ3v) is 5.95. The Bertz CT molecular complexity index is 1140. The molecule has 13 heteroatoms. The summed E-state index contributed by atoms with van der Waals surface area (Å²) in [7, 11) is 0. The van der Waals surface area contributed by atoms with Crippen LogP contribution < -0.4 is 15.4 Å². The van der Waals surface area contributed by atoms with Crippen LogP contribution in [0.5, 0.6) is 11.5 Å². The molecule has 3 rings (SSSR count). The van der Waals surface area contributed by atoms with E-state index in [1.807, 2.05) is 36.9 Å². The van der Waals surface area contributed by atoms with Gasteiger partial charge in [0.2, 0.25) is 5.91 Å². The predicted octanol–water partition coefficient (Wildman–Crippen LogP) is 3.37. The largest absolute Gasteiger partial charge is 0.506 e. The van der Waals surface area contributed by atoms with Gasteiger partial charge in [-0.1, -0.05) is 36.4 Å². The van der Waals surface area contributed by atoms with Crippen molar-refractivity contribution in [3.63, 3.8) is 0 Å². The molecule has 0 saturated carbocycles. The first kappa shape index (κ1) is 33.4. The van der Waals surface area contributed by atoms with Gasteiger partial charge >= 0.3 is 12.1 Å². The fraction of sp³-hybridized carbons (Fsp3) is 0.464. The number of anilines is 1. The number of amides is 2. The zero-order valence-electron chi connectivity index (χ0n) is 23.0. The molecule has 0 saturated heterocycles. The van der Waals surface area contributed by atoms with E-state index >= 15 is 0 Å². The Kier molecular flexibility index (Phi) is 13.4. The number of nitrogens with zero attached hydrogens (tertiary/aromatic N) is 1. The van der Waals surface area contributed by atoms with Crippen LogP contribution in [0.4, 0.5) is 18.9 Å². The number of hydrogen-bond acceptors (Lipinski definition) is 7. The number of benzene rings is 2. The number of nitrogens with one attached hydrogen (secondary N) is 2. The molecule has 0 spiro atoms. The van der Waals surface area contributed by atoms with Gasteiger partial charge in [-0.15, -0.1) is 0 Å². The van der Waals surface area contributed by atoms with E-state index in [2.05, 4.69) is 22.8 Å². The van der Waals surface area contributed by atoms with Crippen molar-refractivity contribution in [1.82, 2.24) is 10.2 Å². The molecule has 0 unspecified atom stereocenters. The van der Waals surface area contributed by atoms with Crippen LogP contribution in [-0.2, 0) is 32.0 Å². The third kappa shape index (κ3) is 11.7. The lowest BCUT2D eigenvalue weighted by Gasteiger charge is -2.27. The Balaban J connectivity index is 0.000000745. The summed E-state index contributed by atoms with van der Waals surface area (Å²) in [5.41, 5.74) is 2.47. The Morgan fingerprint density at radius 2 is 1.78 bits per heavy atom. The van der Waals surface area contributed by atoms with Gasteiger partial charge in [0.05, 0.1) is 19.6 Å². The maximum atomic E-state index is 12.7. The zero-order chi connectivity index (χ0) is 30.4. The van der Waals surface area contributed by atoms with Gasteiger partial charge in [-0.3, -0.25) is 9.59 Å². The van der Waals surface area contributed by atoms with Crippen molar-refractivity contribution < 1.29 is 47.2 Å². The number of alkyl halides is 3. The van der Waals surface area contributed by atoms with E-state index in [0.29, 0.717) is 57.1 Å². The third-order valence-electron chi connectivity index (χ3n) is 5.95. The first-order valence-electron chi connectivity index (χ1n) is 13.1. The van der Waals surface area contributed by atoms with Gasteiger partial charge in [-0.05, 0) is 50.4 Å². The van der Waals surface area contributed by atoms with E-state index in [9.17, 15) is 27.9 Å². The number of carbonyl (C=O) groups is 3. The number of fused-ring (bicyclic) bond motifs is 1. The molecule has 2 aromatic rings. The summed E-state index contributed by atoms with van der Waals surface area (Å²) in [5, 5.41) is 23.1. The number of phenols is 1. The van der Waals surface area contributed by atoms with E-state index in [1.165, 1.54) is 5.56 Å². The average Bonchev–Trinajstić information content (AvgIpc) is 2.92. The molecule has 10 nitrogen and oxygen atoms in total. The number of rotatable bonds is 13. The van der Waals surface area contributed by atoms with E-state index < -0.39 is 12.1 Å². The van der Waals surface area contributed by atoms with Gasteiger partial charge in [0.15, 0.2) is 12.4 Å². The number of carbonyl (C=O) groups excluding carboxylic acids is 2. The van der Waals surface area contributed by atoms with Gasteiger partial charge in [0.25, 0.3) is 5.91 Å². The van der Waals surface area contributed by atoms with Crippen LogP contribution >= 0.6 is 0 Å². The molecule has 0 radical (unpaired) electrons. The molecular weight excluding hydrogens is 547 g/mol. The molecule has 0 aromatic heterocycles. The second-order valence-electron chi connectivity index (χ2n) is 9.37. The minimum Gasteiger partial charge on any atom is -0.506 e. The van der Waals surface area contributed by atoms with Crippen molar-refractivity contribution in [1.29, 1.82) is 0 Å². The van der Waals surface area contributed by atoms with Crippen molar-refractivity contribution in [3.05, 3.63) is 53.6 Å². The second-order valence-corrected chi connectivity index (χ2v) is 9.37. The van der Waals surface area contributed by atoms with Gasteiger partial charge < -0.3 is 35.2 Å². The van der Waals surface area contributed by atoms with Crippen LogP contribution in [0.3, 0.4) is 0 Å². The molecule has 2 amide bonds. The molecule has 0 atom stereocenters. The molecule has 0 aliphatic carbocycles. The van der Waals surface area contributed by atoms with Gasteiger partial charge in [-0.25, -0.2) is 4.79 Å². The number of aliphatic carboxylic acids is 1. The highest BCUT2D eigenvalue weighted by molar-refractivity contribution is 5.97. The van der Waals surface area contributed by atoms with Crippen LogP contribution in [0.15, 0.2) is 42.5 Å². The van der Waals surface area contributed by atoms with Crippen molar-refractivity contribution in [2.24, 2.45) is 0 Å². The SMILES string of the molecule is CC(C)N(CCNCCc1ccc(O)c2c1OCC(=O)N2)C(=O)CCOCCc1ccccc1.O=C(O)C(F)(F)F. The number of halogens is 3. The quantitative estimate of drug-likeness (QED) is 0.208. The van der Waals surface area contributed by atoms with Crippen molar-refractivity contribution in [2.75, 3.05) is 44.8 Å². The molecule has 1 heterocycles. The highest BCUT2D eigenvalue weighted by Gasteiger charge is 2.38. The van der Waals surface area contributed by atoms with E-state index in [-0.39, 0.29) is 30.2 Å². The summed E-state index contributed by atoms with van der Waals surface area (Å²) >= 11 is 0. The van der Waals surface area contributed by atoms with Crippen molar-refractivity contribution in [3.8, 4) is 11.5 Å². The van der Waals surface area contributed by atoms with E-state index in [1.54, 1.807) is 12.1 Å². The second kappa shape index (κ2) is 16.4. The summed E-state index contributed by atoms with van der Waals surface area (Å²) in [5.74, 6) is -2.43. The van der Waals surface area contributed by atoms with Gasteiger partial charge in [0.1, 0.15) is 11.4 Å². The smallest absolute Gasteiger partial charge is 0.490 e. The molecular formula is C28H36F3N3O7. The van der Waals surface area contributed by atoms with Crippen LogP contribution in [0.1, 0.15) is 31.4 Å². The van der Waals surface area contributed by atoms with Crippen LogP contribution in [0.2, 0.25) is 0 Å². The fourth-order valence-electron chi connectivity index (χ4n) is 3.87. The summed E-state index contributed by atoms with van der Waals surface area (Å²) in [6.45, 7) is 6.96. The predicted molar refractivity (Wildman–Crippen MR) is 145 cm³/mol. The number of ether oxygens (including phenoxy) is 2. The lowest BCUT2D eigenvalue weighted by molar-refractivity contribution is -0.192. The molecule has 4 N–H and O–H groups in total. The molecule has 1 aliphatic rings. The summed E-state index contributed by atoms with van der Waals surface area (Å²) in [4.78, 5) is 35.0. The summed E-state index contributed by atoms with van der Waals surface area (Å²) in [6, 6.07) is 13.6. The Morgan fingerprint density at radius 3 is 2.41 bits per heavy atom. The molecule has 0 fully saturated rings. The summed E-state index contributed by atoms with van der Waals surface area (Å²) < 4.78 is 42.9. The molecule has 1 aliphatic heterocycles. The first-order valence-corrected chi connectivity index (χ1v) is 13.1. The minimum atomic E-state index is -5.08. The first-order chi connectivity index (χ1) is 19.4. The van der Waals surface area contributed by atoms with E-state index in [0.717, 1.165) is 12.0 Å². The normalized spacial score (nSPS) is 12.5. The minimum absolute atomic E-state index is 0.00473.